The predicted molar refractivity (Wildman–Crippen MR) is 99.0 cm³/mol. The highest BCUT2D eigenvalue weighted by atomic mass is 16.5. The minimum absolute atomic E-state index is 0.302. The third-order valence-corrected chi connectivity index (χ3v) is 3.83. The molecule has 0 aromatic heterocycles. The van der Waals surface area contributed by atoms with Crippen molar-refractivity contribution in [2.45, 2.75) is 20.8 Å². The summed E-state index contributed by atoms with van der Waals surface area (Å²) in [6, 6.07) is 12.5. The molecule has 0 aliphatic carbocycles. The maximum atomic E-state index is 11.9. The molecule has 0 bridgehead atoms. The molecule has 0 aliphatic rings. The Bertz CT molecular complexity index is 830. The highest BCUT2D eigenvalue weighted by molar-refractivity contribution is 5.96. The molecule has 6 heteroatoms. The van der Waals surface area contributed by atoms with E-state index in [-0.39, 0.29) is 12.5 Å². The van der Waals surface area contributed by atoms with Gasteiger partial charge in [-0.05, 0) is 56.2 Å². The molecular formula is C20H22N2O4. The van der Waals surface area contributed by atoms with E-state index >= 15 is 0 Å². The summed E-state index contributed by atoms with van der Waals surface area (Å²) in [5, 5.41) is 5.13. The number of aryl methyl sites for hydroxylation is 3. The molecule has 2 rings (SSSR count). The Balaban J connectivity index is 1.74. The van der Waals surface area contributed by atoms with Crippen molar-refractivity contribution in [2.24, 2.45) is 0 Å². The highest BCUT2D eigenvalue weighted by Crippen LogP contribution is 2.13. The fourth-order valence-corrected chi connectivity index (χ4v) is 2.25. The lowest BCUT2D eigenvalue weighted by atomic mass is 10.1. The maximum Gasteiger partial charge on any atom is 0.325 e. The molecule has 0 spiro atoms. The summed E-state index contributed by atoms with van der Waals surface area (Å²) < 4.78 is 4.87. The third kappa shape index (κ3) is 5.73. The molecule has 6 nitrogen and oxygen atoms in total. The molecule has 0 saturated heterocycles. The molecule has 0 unspecified atom stereocenters. The highest BCUT2D eigenvalue weighted by Gasteiger charge is 2.11. The van der Waals surface area contributed by atoms with Gasteiger partial charge in [-0.15, -0.1) is 0 Å². The molecular weight excluding hydrogens is 332 g/mol. The Morgan fingerprint density at radius 1 is 0.962 bits per heavy atom. The number of carbonyl (C=O) groups is 3. The van der Waals surface area contributed by atoms with Crippen molar-refractivity contribution in [3.8, 4) is 0 Å². The Hall–Kier alpha value is -3.15. The number of ether oxygens (including phenoxy) is 1. The molecule has 0 atom stereocenters. The Morgan fingerprint density at radius 2 is 1.73 bits per heavy atom. The van der Waals surface area contributed by atoms with E-state index in [9.17, 15) is 14.4 Å². The monoisotopic (exact) mass is 354 g/mol. The Kier molecular flexibility index (Phi) is 6.49. The van der Waals surface area contributed by atoms with Gasteiger partial charge in [-0.2, -0.15) is 0 Å². The largest absolute Gasteiger partial charge is 0.454 e. The summed E-state index contributed by atoms with van der Waals surface area (Å²) >= 11 is 0. The zero-order valence-electron chi connectivity index (χ0n) is 15.1. The second kappa shape index (κ2) is 8.80. The molecule has 0 heterocycles. The topological polar surface area (TPSA) is 84.5 Å². The zero-order valence-corrected chi connectivity index (χ0v) is 15.1. The quantitative estimate of drug-likeness (QED) is 0.781. The van der Waals surface area contributed by atoms with Crippen molar-refractivity contribution < 1.29 is 19.1 Å². The van der Waals surface area contributed by atoms with Gasteiger partial charge in [0.1, 0.15) is 6.54 Å². The van der Waals surface area contributed by atoms with Gasteiger partial charge in [-0.1, -0.05) is 23.8 Å². The van der Waals surface area contributed by atoms with Crippen LogP contribution in [0, 0.1) is 20.8 Å². The molecule has 2 aromatic rings. The zero-order chi connectivity index (χ0) is 19.1. The smallest absolute Gasteiger partial charge is 0.325 e. The van der Waals surface area contributed by atoms with Crippen LogP contribution < -0.4 is 10.6 Å². The molecule has 26 heavy (non-hydrogen) atoms. The fraction of sp³-hybridized carbons (Fsp3) is 0.250. The first-order valence-corrected chi connectivity index (χ1v) is 8.23. The van der Waals surface area contributed by atoms with E-state index in [1.165, 1.54) is 0 Å². The van der Waals surface area contributed by atoms with Gasteiger partial charge in [0.05, 0.1) is 0 Å². The number of hydrogen-bond acceptors (Lipinski definition) is 4. The number of amides is 2. The van der Waals surface area contributed by atoms with E-state index in [0.29, 0.717) is 11.3 Å². The van der Waals surface area contributed by atoms with Gasteiger partial charge in [-0.3, -0.25) is 14.4 Å². The number of carbonyl (C=O) groups excluding carboxylic acids is 3. The van der Waals surface area contributed by atoms with Crippen molar-refractivity contribution in [2.75, 3.05) is 18.5 Å². The van der Waals surface area contributed by atoms with Gasteiger partial charge in [-0.25, -0.2) is 0 Å². The van der Waals surface area contributed by atoms with Crippen molar-refractivity contribution in [3.63, 3.8) is 0 Å². The second-order valence-electron chi connectivity index (χ2n) is 6.06. The van der Waals surface area contributed by atoms with E-state index in [0.717, 1.165) is 16.7 Å². The minimum atomic E-state index is -0.679. The van der Waals surface area contributed by atoms with Crippen LogP contribution in [0.5, 0.6) is 0 Å². The van der Waals surface area contributed by atoms with Crippen LogP contribution in [0.1, 0.15) is 27.0 Å². The third-order valence-electron chi connectivity index (χ3n) is 3.83. The number of hydrogen-bond donors (Lipinski definition) is 2. The van der Waals surface area contributed by atoms with Crippen molar-refractivity contribution in [1.29, 1.82) is 0 Å². The summed E-state index contributed by atoms with van der Waals surface area (Å²) in [6.45, 7) is 5.09. The van der Waals surface area contributed by atoms with Crippen LogP contribution in [0.4, 0.5) is 5.69 Å². The predicted octanol–water partition coefficient (Wildman–Crippen LogP) is 2.52. The van der Waals surface area contributed by atoms with Gasteiger partial charge in [0.25, 0.3) is 11.8 Å². The van der Waals surface area contributed by atoms with E-state index in [2.05, 4.69) is 10.6 Å². The fourth-order valence-electron chi connectivity index (χ4n) is 2.25. The normalized spacial score (nSPS) is 10.1. The first-order valence-electron chi connectivity index (χ1n) is 8.23. The standard InChI is InChI=1S/C20H22N2O4/c1-13-5-4-6-16(9-13)20(25)21-11-19(24)26-12-18(23)22-17-8-7-14(2)15(3)10-17/h4-10H,11-12H2,1-3H3,(H,21,25)(H,22,23). The van der Waals surface area contributed by atoms with Gasteiger partial charge >= 0.3 is 5.97 Å². The summed E-state index contributed by atoms with van der Waals surface area (Å²) in [5.41, 5.74) is 4.23. The first-order chi connectivity index (χ1) is 12.3. The number of benzene rings is 2. The Labute approximate surface area is 152 Å². The first kappa shape index (κ1) is 19.2. The summed E-state index contributed by atoms with van der Waals surface area (Å²) in [5.74, 6) is -1.49. The van der Waals surface area contributed by atoms with Crippen molar-refractivity contribution >= 4 is 23.5 Å². The summed E-state index contributed by atoms with van der Waals surface area (Å²) in [7, 11) is 0. The van der Waals surface area contributed by atoms with Crippen LogP contribution in [-0.4, -0.2) is 30.9 Å². The lowest BCUT2D eigenvalue weighted by molar-refractivity contribution is -0.146. The lowest BCUT2D eigenvalue weighted by Gasteiger charge is -2.09. The summed E-state index contributed by atoms with van der Waals surface area (Å²) in [6.07, 6.45) is 0. The lowest BCUT2D eigenvalue weighted by Crippen LogP contribution is -2.32. The average Bonchev–Trinajstić information content (AvgIpc) is 2.61. The minimum Gasteiger partial charge on any atom is -0.454 e. The number of esters is 1. The molecule has 0 aliphatic heterocycles. The van der Waals surface area contributed by atoms with Crippen LogP contribution in [-0.2, 0) is 14.3 Å². The van der Waals surface area contributed by atoms with E-state index < -0.39 is 18.5 Å². The van der Waals surface area contributed by atoms with Gasteiger partial charge in [0, 0.05) is 11.3 Å². The van der Waals surface area contributed by atoms with E-state index in [1.54, 1.807) is 24.3 Å². The molecule has 136 valence electrons. The molecule has 0 fully saturated rings. The van der Waals surface area contributed by atoms with Crippen LogP contribution in [0.2, 0.25) is 0 Å². The van der Waals surface area contributed by atoms with E-state index in [1.807, 2.05) is 39.0 Å². The molecule has 2 aromatic carbocycles. The Morgan fingerprint density at radius 3 is 2.42 bits per heavy atom. The second-order valence-corrected chi connectivity index (χ2v) is 6.06. The molecule has 0 radical (unpaired) electrons. The molecule has 0 saturated carbocycles. The van der Waals surface area contributed by atoms with Gasteiger partial charge in [0.2, 0.25) is 0 Å². The van der Waals surface area contributed by atoms with E-state index in [4.69, 9.17) is 4.74 Å². The average molecular weight is 354 g/mol. The van der Waals surface area contributed by atoms with Gasteiger partial charge in [0.15, 0.2) is 6.61 Å². The van der Waals surface area contributed by atoms with Gasteiger partial charge < -0.3 is 15.4 Å². The van der Waals surface area contributed by atoms with Crippen LogP contribution in [0.15, 0.2) is 42.5 Å². The van der Waals surface area contributed by atoms with Crippen LogP contribution >= 0.6 is 0 Å². The molecule has 2 amide bonds. The van der Waals surface area contributed by atoms with Crippen molar-refractivity contribution in [1.82, 2.24) is 5.32 Å². The van der Waals surface area contributed by atoms with Crippen LogP contribution in [0.25, 0.3) is 0 Å². The SMILES string of the molecule is Cc1cccc(C(=O)NCC(=O)OCC(=O)Nc2ccc(C)c(C)c2)c1. The maximum absolute atomic E-state index is 11.9. The number of anilines is 1. The van der Waals surface area contributed by atoms with Crippen LogP contribution in [0.3, 0.4) is 0 Å². The molecule has 2 N–H and O–H groups in total. The number of rotatable bonds is 6. The van der Waals surface area contributed by atoms with Crippen molar-refractivity contribution in [3.05, 3.63) is 64.7 Å². The number of nitrogens with one attached hydrogen (secondary N) is 2. The summed E-state index contributed by atoms with van der Waals surface area (Å²) in [4.78, 5) is 35.5.